The van der Waals surface area contributed by atoms with E-state index in [0.29, 0.717) is 5.69 Å². The number of anilines is 1. The molecule has 0 aromatic heterocycles. The summed E-state index contributed by atoms with van der Waals surface area (Å²) in [7, 11) is 0. The lowest BCUT2D eigenvalue weighted by atomic mass is 9.86. The molecule has 0 bridgehead atoms. The second-order valence-corrected chi connectivity index (χ2v) is 5.57. The summed E-state index contributed by atoms with van der Waals surface area (Å²) in [6, 6.07) is 4.88. The van der Waals surface area contributed by atoms with Crippen molar-refractivity contribution in [2.45, 2.75) is 31.7 Å². The maximum atomic E-state index is 12.1. The monoisotopic (exact) mass is 295 g/mol. The Hall–Kier alpha value is -1.59. The summed E-state index contributed by atoms with van der Waals surface area (Å²) in [6.07, 6.45) is 3.36. The zero-order valence-electron chi connectivity index (χ0n) is 11.1. The quantitative estimate of drug-likeness (QED) is 0.794. The zero-order valence-corrected chi connectivity index (χ0v) is 11.8. The molecule has 5 nitrogen and oxygen atoms in total. The van der Waals surface area contributed by atoms with E-state index in [1.165, 1.54) is 12.1 Å². The first kappa shape index (κ1) is 14.8. The number of hydrogen-bond donors (Lipinski definition) is 3. The highest BCUT2D eigenvalue weighted by Gasteiger charge is 2.24. The molecule has 2 amide bonds. The number of nitrogens with one attached hydrogen (secondary N) is 1. The number of carbonyl (C=O) groups excluding carboxylic acids is 2. The van der Waals surface area contributed by atoms with Crippen LogP contribution in [-0.2, 0) is 4.79 Å². The normalized spacial score (nSPS) is 22.3. The lowest BCUT2D eigenvalue weighted by molar-refractivity contribution is -0.120. The lowest BCUT2D eigenvalue weighted by Crippen LogP contribution is -2.32. The maximum absolute atomic E-state index is 12.1. The van der Waals surface area contributed by atoms with Gasteiger partial charge >= 0.3 is 0 Å². The van der Waals surface area contributed by atoms with Crippen molar-refractivity contribution < 1.29 is 9.59 Å². The van der Waals surface area contributed by atoms with Gasteiger partial charge in [0, 0.05) is 17.6 Å². The van der Waals surface area contributed by atoms with Gasteiger partial charge in [0.05, 0.1) is 10.6 Å². The maximum Gasteiger partial charge on any atom is 0.250 e. The number of hydrogen-bond acceptors (Lipinski definition) is 3. The number of primary amides is 1. The molecule has 20 heavy (non-hydrogen) atoms. The molecule has 1 aliphatic carbocycles. The van der Waals surface area contributed by atoms with E-state index in [1.807, 2.05) is 0 Å². The van der Waals surface area contributed by atoms with Crippen LogP contribution in [0.3, 0.4) is 0 Å². The highest BCUT2D eigenvalue weighted by atomic mass is 35.5. The third-order valence-electron chi connectivity index (χ3n) is 3.64. The van der Waals surface area contributed by atoms with Crippen LogP contribution >= 0.6 is 11.6 Å². The van der Waals surface area contributed by atoms with Gasteiger partial charge in [-0.1, -0.05) is 11.6 Å². The van der Waals surface area contributed by atoms with E-state index < -0.39 is 5.91 Å². The minimum absolute atomic E-state index is 0.00982. The highest BCUT2D eigenvalue weighted by molar-refractivity contribution is 6.34. The van der Waals surface area contributed by atoms with Crippen LogP contribution in [-0.4, -0.2) is 17.9 Å². The standard InChI is InChI=1S/C14H18ClN3O2/c15-12-7-10(5-6-11(12)13(17)19)18-14(20)8-1-3-9(16)4-2-8/h5-9H,1-4,16H2,(H2,17,19)(H,18,20). The molecular formula is C14H18ClN3O2. The highest BCUT2D eigenvalue weighted by Crippen LogP contribution is 2.26. The minimum atomic E-state index is -0.589. The Morgan fingerprint density at radius 1 is 1.20 bits per heavy atom. The molecule has 6 heteroatoms. The lowest BCUT2D eigenvalue weighted by Gasteiger charge is -2.25. The molecule has 1 fully saturated rings. The Kier molecular flexibility index (Phi) is 4.62. The zero-order chi connectivity index (χ0) is 14.7. The largest absolute Gasteiger partial charge is 0.366 e. The van der Waals surface area contributed by atoms with E-state index in [4.69, 9.17) is 23.1 Å². The fraction of sp³-hybridized carbons (Fsp3) is 0.429. The molecule has 1 aromatic carbocycles. The second kappa shape index (κ2) is 6.24. The summed E-state index contributed by atoms with van der Waals surface area (Å²) < 4.78 is 0. The Morgan fingerprint density at radius 3 is 2.40 bits per heavy atom. The molecule has 0 radical (unpaired) electrons. The molecule has 0 saturated heterocycles. The number of carbonyl (C=O) groups is 2. The van der Waals surface area contributed by atoms with Crippen molar-refractivity contribution in [1.82, 2.24) is 0 Å². The van der Waals surface area contributed by atoms with Crippen molar-refractivity contribution in [2.24, 2.45) is 17.4 Å². The summed E-state index contributed by atoms with van der Waals surface area (Å²) in [4.78, 5) is 23.2. The molecule has 1 saturated carbocycles. The third kappa shape index (κ3) is 3.49. The SMILES string of the molecule is NC(=O)c1ccc(NC(=O)C2CCC(N)CC2)cc1Cl. The predicted molar refractivity (Wildman–Crippen MR) is 78.5 cm³/mol. The van der Waals surface area contributed by atoms with E-state index in [-0.39, 0.29) is 28.5 Å². The molecule has 108 valence electrons. The molecule has 1 aliphatic rings. The van der Waals surface area contributed by atoms with Gasteiger partial charge in [0.2, 0.25) is 11.8 Å². The van der Waals surface area contributed by atoms with E-state index in [2.05, 4.69) is 5.32 Å². The van der Waals surface area contributed by atoms with Crippen molar-refractivity contribution in [3.05, 3.63) is 28.8 Å². The summed E-state index contributed by atoms with van der Waals surface area (Å²) in [6.45, 7) is 0. The van der Waals surface area contributed by atoms with E-state index in [0.717, 1.165) is 25.7 Å². The van der Waals surface area contributed by atoms with Gasteiger partial charge in [-0.25, -0.2) is 0 Å². The van der Waals surface area contributed by atoms with Crippen LogP contribution in [0.2, 0.25) is 5.02 Å². The van der Waals surface area contributed by atoms with Crippen molar-refractivity contribution in [1.29, 1.82) is 0 Å². The van der Waals surface area contributed by atoms with Gasteiger partial charge in [-0.3, -0.25) is 9.59 Å². The van der Waals surface area contributed by atoms with Crippen LogP contribution in [0.5, 0.6) is 0 Å². The molecule has 0 spiro atoms. The first-order valence-corrected chi connectivity index (χ1v) is 7.01. The van der Waals surface area contributed by atoms with Gasteiger partial charge in [0.15, 0.2) is 0 Å². The van der Waals surface area contributed by atoms with Gasteiger partial charge in [-0.05, 0) is 43.9 Å². The first-order chi connectivity index (χ1) is 9.47. The van der Waals surface area contributed by atoms with Crippen molar-refractivity contribution in [3.8, 4) is 0 Å². The van der Waals surface area contributed by atoms with Crippen LogP contribution < -0.4 is 16.8 Å². The predicted octanol–water partition coefficient (Wildman–Crippen LogP) is 1.89. The second-order valence-electron chi connectivity index (χ2n) is 5.16. The molecule has 1 aromatic rings. The Bertz CT molecular complexity index is 525. The van der Waals surface area contributed by atoms with Crippen LogP contribution in [0.25, 0.3) is 0 Å². The Labute approximate surface area is 122 Å². The summed E-state index contributed by atoms with van der Waals surface area (Å²) in [5.74, 6) is -0.627. The number of nitrogens with two attached hydrogens (primary N) is 2. The summed E-state index contributed by atoms with van der Waals surface area (Å²) in [5, 5.41) is 3.05. The molecular weight excluding hydrogens is 278 g/mol. The van der Waals surface area contributed by atoms with Gasteiger partial charge < -0.3 is 16.8 Å². The summed E-state index contributed by atoms with van der Waals surface area (Å²) >= 11 is 5.94. The average Bonchev–Trinajstić information content (AvgIpc) is 2.39. The van der Waals surface area contributed by atoms with Gasteiger partial charge in [0.1, 0.15) is 0 Å². The van der Waals surface area contributed by atoms with Gasteiger partial charge in [0.25, 0.3) is 0 Å². The fourth-order valence-corrected chi connectivity index (χ4v) is 2.69. The first-order valence-electron chi connectivity index (χ1n) is 6.63. The topological polar surface area (TPSA) is 98.2 Å². The van der Waals surface area contributed by atoms with Crippen molar-refractivity contribution in [2.75, 3.05) is 5.32 Å². The van der Waals surface area contributed by atoms with E-state index >= 15 is 0 Å². The molecule has 0 heterocycles. The van der Waals surface area contributed by atoms with Crippen LogP contribution in [0.15, 0.2) is 18.2 Å². The van der Waals surface area contributed by atoms with Crippen molar-refractivity contribution >= 4 is 29.1 Å². The number of amides is 2. The fourth-order valence-electron chi connectivity index (χ4n) is 2.42. The van der Waals surface area contributed by atoms with Gasteiger partial charge in [-0.2, -0.15) is 0 Å². The average molecular weight is 296 g/mol. The van der Waals surface area contributed by atoms with Crippen LogP contribution in [0, 0.1) is 5.92 Å². The minimum Gasteiger partial charge on any atom is -0.366 e. The molecule has 0 unspecified atom stereocenters. The van der Waals surface area contributed by atoms with Crippen LogP contribution in [0.1, 0.15) is 36.0 Å². The number of halogens is 1. The van der Waals surface area contributed by atoms with Gasteiger partial charge in [-0.15, -0.1) is 0 Å². The Morgan fingerprint density at radius 2 is 1.85 bits per heavy atom. The Balaban J connectivity index is 2.01. The van der Waals surface area contributed by atoms with Crippen LogP contribution in [0.4, 0.5) is 5.69 Å². The third-order valence-corrected chi connectivity index (χ3v) is 3.96. The molecule has 0 atom stereocenters. The van der Waals surface area contributed by atoms with E-state index in [9.17, 15) is 9.59 Å². The number of benzene rings is 1. The summed E-state index contributed by atoms with van der Waals surface area (Å²) in [5.41, 5.74) is 11.8. The van der Waals surface area contributed by atoms with E-state index in [1.54, 1.807) is 6.07 Å². The van der Waals surface area contributed by atoms with Crippen molar-refractivity contribution in [3.63, 3.8) is 0 Å². The molecule has 5 N–H and O–H groups in total. The molecule has 2 rings (SSSR count). The smallest absolute Gasteiger partial charge is 0.250 e. The number of rotatable bonds is 3. The molecule has 0 aliphatic heterocycles.